The Labute approximate surface area is 84.9 Å². The summed E-state index contributed by atoms with van der Waals surface area (Å²) < 4.78 is 0. The van der Waals surface area contributed by atoms with E-state index in [2.05, 4.69) is 19.9 Å². The Bertz CT molecular complexity index is 311. The molecular weight excluding hydrogens is 180 g/mol. The van der Waals surface area contributed by atoms with Gasteiger partial charge in [-0.3, -0.25) is 0 Å². The van der Waals surface area contributed by atoms with Gasteiger partial charge < -0.3 is 0 Å². The van der Waals surface area contributed by atoms with Crippen molar-refractivity contribution in [2.24, 2.45) is 0 Å². The van der Waals surface area contributed by atoms with Crippen LogP contribution in [0, 0.1) is 6.92 Å². The van der Waals surface area contributed by atoms with Gasteiger partial charge in [0.05, 0.1) is 0 Å². The third-order valence-electron chi connectivity index (χ3n) is 2.60. The van der Waals surface area contributed by atoms with Gasteiger partial charge in [0.2, 0.25) is 0 Å². The van der Waals surface area contributed by atoms with E-state index in [0.29, 0.717) is 11.8 Å². The first-order valence-corrected chi connectivity index (χ1v) is 5.19. The maximum atomic E-state index is 6.18. The van der Waals surface area contributed by atoms with Crippen LogP contribution in [0.2, 0.25) is 5.02 Å². The molecule has 1 aliphatic carbocycles. The van der Waals surface area contributed by atoms with E-state index in [4.69, 9.17) is 11.6 Å². The van der Waals surface area contributed by atoms with E-state index in [1.54, 1.807) is 0 Å². The van der Waals surface area contributed by atoms with Crippen LogP contribution < -0.4 is 0 Å². The van der Waals surface area contributed by atoms with Crippen molar-refractivity contribution in [3.05, 3.63) is 41.3 Å². The first-order valence-electron chi connectivity index (χ1n) is 4.81. The smallest absolute Gasteiger partial charge is 0.0443 e. The Morgan fingerprint density at radius 3 is 2.69 bits per heavy atom. The van der Waals surface area contributed by atoms with Crippen molar-refractivity contribution in [2.75, 3.05) is 0 Å². The zero-order chi connectivity index (χ0) is 9.42. The molecule has 1 heteroatoms. The van der Waals surface area contributed by atoms with E-state index in [9.17, 15) is 0 Å². The van der Waals surface area contributed by atoms with Gasteiger partial charge in [0.1, 0.15) is 0 Å². The minimum Gasteiger partial charge on any atom is -0.0840 e. The molecule has 0 bridgehead atoms. The van der Waals surface area contributed by atoms with Crippen molar-refractivity contribution < 1.29 is 0 Å². The van der Waals surface area contributed by atoms with Crippen molar-refractivity contribution in [1.29, 1.82) is 0 Å². The van der Waals surface area contributed by atoms with E-state index in [1.165, 1.54) is 24.0 Å². The molecule has 1 atom stereocenters. The predicted molar refractivity (Wildman–Crippen MR) is 57.2 cm³/mol. The quantitative estimate of drug-likeness (QED) is 0.662. The molecule has 1 aliphatic rings. The summed E-state index contributed by atoms with van der Waals surface area (Å²) in [4.78, 5) is 0. The Balaban J connectivity index is 2.47. The molecule has 1 fully saturated rings. The molecule has 1 unspecified atom stereocenters. The van der Waals surface area contributed by atoms with E-state index in [-0.39, 0.29) is 0 Å². The summed E-state index contributed by atoms with van der Waals surface area (Å²) in [5.74, 6) is 1.06. The van der Waals surface area contributed by atoms with E-state index >= 15 is 0 Å². The van der Waals surface area contributed by atoms with Crippen LogP contribution in [0.5, 0.6) is 0 Å². The predicted octanol–water partition coefficient (Wildman–Crippen LogP) is 4.15. The lowest BCUT2D eigenvalue weighted by atomic mass is 9.94. The van der Waals surface area contributed by atoms with E-state index in [0.717, 1.165) is 5.02 Å². The molecular formula is C12H14Cl. The van der Waals surface area contributed by atoms with Crippen LogP contribution in [0.25, 0.3) is 0 Å². The van der Waals surface area contributed by atoms with Gasteiger partial charge >= 0.3 is 0 Å². The van der Waals surface area contributed by atoms with Crippen molar-refractivity contribution in [3.8, 4) is 0 Å². The maximum absolute atomic E-state index is 6.18. The van der Waals surface area contributed by atoms with Crippen molar-refractivity contribution in [2.45, 2.75) is 31.6 Å². The van der Waals surface area contributed by atoms with Gasteiger partial charge in [-0.25, -0.2) is 0 Å². The largest absolute Gasteiger partial charge is 0.0840 e. The Hall–Kier alpha value is -0.490. The fraction of sp³-hybridized carbons (Fsp3) is 0.417. The summed E-state index contributed by atoms with van der Waals surface area (Å²) >= 11 is 6.18. The average molecular weight is 194 g/mol. The fourth-order valence-corrected chi connectivity index (χ4v) is 2.12. The number of rotatable bonds is 2. The van der Waals surface area contributed by atoms with Gasteiger partial charge in [-0.2, -0.15) is 0 Å². The van der Waals surface area contributed by atoms with Gasteiger partial charge in [-0.1, -0.05) is 30.7 Å². The maximum Gasteiger partial charge on any atom is 0.0443 e. The third kappa shape index (κ3) is 1.73. The van der Waals surface area contributed by atoms with Crippen LogP contribution in [-0.2, 0) is 0 Å². The minimum atomic E-state index is 0.342. The van der Waals surface area contributed by atoms with Gasteiger partial charge in [0.15, 0.2) is 0 Å². The highest BCUT2D eigenvalue weighted by Gasteiger charge is 2.28. The highest BCUT2D eigenvalue weighted by atomic mass is 35.5. The molecule has 0 nitrogen and oxygen atoms in total. The lowest BCUT2D eigenvalue weighted by Crippen LogP contribution is -1.95. The summed E-state index contributed by atoms with van der Waals surface area (Å²) in [6.45, 7) is 6.18. The Morgan fingerprint density at radius 2 is 2.15 bits per heavy atom. The lowest BCUT2D eigenvalue weighted by molar-refractivity contribution is 0.922. The van der Waals surface area contributed by atoms with Crippen LogP contribution in [0.4, 0.5) is 0 Å². The molecule has 69 valence electrons. The third-order valence-corrected chi connectivity index (χ3v) is 2.93. The van der Waals surface area contributed by atoms with Crippen LogP contribution in [-0.4, -0.2) is 0 Å². The lowest BCUT2D eigenvalue weighted by Gasteiger charge is -2.13. The summed E-state index contributed by atoms with van der Waals surface area (Å²) in [5.41, 5.74) is 2.68. The monoisotopic (exact) mass is 193 g/mol. The molecule has 1 aromatic rings. The molecule has 0 heterocycles. The molecule has 2 rings (SSSR count). The molecule has 1 aromatic carbocycles. The normalized spacial score (nSPS) is 16.6. The SMILES string of the molecule is [CH2]C(C)c1cccc(Cl)c1C1CC1. The summed E-state index contributed by atoms with van der Waals surface area (Å²) in [7, 11) is 0. The van der Waals surface area contributed by atoms with Crippen LogP contribution in [0.15, 0.2) is 18.2 Å². The zero-order valence-corrected chi connectivity index (χ0v) is 8.64. The molecule has 1 saturated carbocycles. The molecule has 0 aliphatic heterocycles. The van der Waals surface area contributed by atoms with Crippen LogP contribution in [0.3, 0.4) is 0 Å². The van der Waals surface area contributed by atoms with E-state index in [1.807, 2.05) is 12.1 Å². The molecule has 0 N–H and O–H groups in total. The highest BCUT2D eigenvalue weighted by molar-refractivity contribution is 6.31. The number of hydrogen-bond acceptors (Lipinski definition) is 0. The van der Waals surface area contributed by atoms with Crippen LogP contribution >= 0.6 is 11.6 Å². The van der Waals surface area contributed by atoms with Crippen molar-refractivity contribution >= 4 is 11.6 Å². The van der Waals surface area contributed by atoms with Crippen molar-refractivity contribution in [3.63, 3.8) is 0 Å². The number of benzene rings is 1. The first kappa shape index (κ1) is 9.08. The van der Waals surface area contributed by atoms with Gasteiger partial charge in [-0.05, 0) is 48.8 Å². The molecule has 13 heavy (non-hydrogen) atoms. The molecule has 1 radical (unpaired) electrons. The fourth-order valence-electron chi connectivity index (χ4n) is 1.79. The van der Waals surface area contributed by atoms with E-state index < -0.39 is 0 Å². The first-order chi connectivity index (χ1) is 6.20. The van der Waals surface area contributed by atoms with Gasteiger partial charge in [0, 0.05) is 5.02 Å². The average Bonchev–Trinajstić information content (AvgIpc) is 2.86. The second kappa shape index (κ2) is 3.34. The molecule has 0 amide bonds. The molecule has 0 aromatic heterocycles. The highest BCUT2D eigenvalue weighted by Crippen LogP contribution is 2.46. The van der Waals surface area contributed by atoms with Gasteiger partial charge in [0.25, 0.3) is 0 Å². The summed E-state index contributed by atoms with van der Waals surface area (Å²) in [5, 5.41) is 0.926. The molecule has 0 spiro atoms. The second-order valence-electron chi connectivity index (χ2n) is 3.92. The Kier molecular flexibility index (Phi) is 2.33. The van der Waals surface area contributed by atoms with Crippen molar-refractivity contribution in [1.82, 2.24) is 0 Å². The second-order valence-corrected chi connectivity index (χ2v) is 4.33. The Morgan fingerprint density at radius 1 is 1.46 bits per heavy atom. The zero-order valence-electron chi connectivity index (χ0n) is 7.89. The number of hydrogen-bond donors (Lipinski definition) is 0. The molecule has 0 saturated heterocycles. The summed E-state index contributed by atoms with van der Waals surface area (Å²) in [6.07, 6.45) is 2.59. The number of halogens is 1. The standard InChI is InChI=1S/C12H14Cl/c1-8(2)10-4-3-5-11(13)12(10)9-6-7-9/h3-5,8-9H,1,6-7H2,2H3. The van der Waals surface area contributed by atoms with Crippen LogP contribution in [0.1, 0.15) is 42.7 Å². The van der Waals surface area contributed by atoms with Gasteiger partial charge in [-0.15, -0.1) is 0 Å². The topological polar surface area (TPSA) is 0 Å². The summed E-state index contributed by atoms with van der Waals surface area (Å²) in [6, 6.07) is 6.16. The minimum absolute atomic E-state index is 0.342.